The van der Waals surface area contributed by atoms with E-state index < -0.39 is 0 Å². The van der Waals surface area contributed by atoms with Gasteiger partial charge < -0.3 is 14.5 Å². The lowest BCUT2D eigenvalue weighted by atomic mass is 10.0. The predicted molar refractivity (Wildman–Crippen MR) is 92.8 cm³/mol. The highest BCUT2D eigenvalue weighted by atomic mass is 35.5. The number of rotatable bonds is 2. The molecule has 0 saturated carbocycles. The lowest BCUT2D eigenvalue weighted by molar-refractivity contribution is 0.0731. The van der Waals surface area contributed by atoms with E-state index in [1.165, 1.54) is 0 Å². The zero-order chi connectivity index (χ0) is 17.2. The first kappa shape index (κ1) is 16.2. The molecule has 1 amide bonds. The number of halogens is 1. The van der Waals surface area contributed by atoms with E-state index in [0.29, 0.717) is 37.0 Å². The predicted octanol–water partition coefficient (Wildman–Crippen LogP) is 1.56. The summed E-state index contributed by atoms with van der Waals surface area (Å²) in [6, 6.07) is 3.28. The van der Waals surface area contributed by atoms with Crippen LogP contribution in [0.4, 0.5) is 5.82 Å². The van der Waals surface area contributed by atoms with Crippen LogP contribution in [0.15, 0.2) is 24.7 Å². The first-order valence-electron chi connectivity index (χ1n) is 8.28. The van der Waals surface area contributed by atoms with Crippen LogP contribution >= 0.6 is 11.6 Å². The molecule has 2 aromatic heterocycles. The van der Waals surface area contributed by atoms with Crippen molar-refractivity contribution >= 4 is 23.3 Å². The third-order valence-corrected chi connectivity index (χ3v) is 4.76. The van der Waals surface area contributed by atoms with Gasteiger partial charge in [-0.05, 0) is 18.6 Å². The Labute approximate surface area is 150 Å². The molecule has 2 aromatic rings. The van der Waals surface area contributed by atoms with Crippen LogP contribution in [0.25, 0.3) is 0 Å². The minimum absolute atomic E-state index is 0.0542. The summed E-state index contributed by atoms with van der Waals surface area (Å²) in [7, 11) is 0. The minimum Gasteiger partial charge on any atom is -0.378 e. The molecule has 0 aromatic carbocycles. The van der Waals surface area contributed by atoms with Crippen LogP contribution in [0.5, 0.6) is 0 Å². The summed E-state index contributed by atoms with van der Waals surface area (Å²) in [5, 5.41) is 0.320. The van der Waals surface area contributed by atoms with E-state index in [2.05, 4.69) is 19.9 Å². The van der Waals surface area contributed by atoms with Gasteiger partial charge in [-0.1, -0.05) is 11.6 Å². The van der Waals surface area contributed by atoms with Gasteiger partial charge in [0.2, 0.25) is 0 Å². The number of hydrogen-bond donors (Lipinski definition) is 0. The van der Waals surface area contributed by atoms with E-state index in [9.17, 15) is 4.79 Å². The van der Waals surface area contributed by atoms with Crippen molar-refractivity contribution in [3.63, 3.8) is 0 Å². The highest BCUT2D eigenvalue weighted by Gasteiger charge is 2.27. The average molecular weight is 360 g/mol. The van der Waals surface area contributed by atoms with Gasteiger partial charge in [-0.2, -0.15) is 0 Å². The van der Waals surface area contributed by atoms with Crippen molar-refractivity contribution in [3.8, 4) is 0 Å². The summed E-state index contributed by atoms with van der Waals surface area (Å²) in [5.74, 6) is 0.925. The van der Waals surface area contributed by atoms with Crippen molar-refractivity contribution in [2.24, 2.45) is 0 Å². The number of nitrogens with zero attached hydrogens (tertiary/aromatic N) is 5. The van der Waals surface area contributed by atoms with Gasteiger partial charge in [0, 0.05) is 37.0 Å². The molecule has 0 atom stereocenters. The van der Waals surface area contributed by atoms with Crippen LogP contribution < -0.4 is 4.90 Å². The number of aromatic nitrogens is 3. The maximum Gasteiger partial charge on any atom is 0.254 e. The molecule has 4 rings (SSSR count). The number of morpholine rings is 1. The number of pyridine rings is 1. The van der Waals surface area contributed by atoms with Gasteiger partial charge in [-0.3, -0.25) is 4.79 Å². The van der Waals surface area contributed by atoms with Gasteiger partial charge in [-0.25, -0.2) is 15.0 Å². The Morgan fingerprint density at radius 1 is 1.16 bits per heavy atom. The quantitative estimate of drug-likeness (QED) is 0.758. The van der Waals surface area contributed by atoms with Crippen molar-refractivity contribution in [1.29, 1.82) is 0 Å². The molecule has 1 saturated heterocycles. The fraction of sp³-hybridized carbons (Fsp3) is 0.412. The number of anilines is 1. The Morgan fingerprint density at radius 3 is 2.80 bits per heavy atom. The number of fused-ring (bicyclic) bond motifs is 1. The van der Waals surface area contributed by atoms with E-state index in [0.717, 1.165) is 36.6 Å². The van der Waals surface area contributed by atoms with Crippen LogP contribution in [-0.2, 0) is 17.7 Å². The molecule has 0 aliphatic carbocycles. The molecule has 2 aliphatic rings. The van der Waals surface area contributed by atoms with Crippen LogP contribution in [0.3, 0.4) is 0 Å². The van der Waals surface area contributed by atoms with Crippen LogP contribution in [-0.4, -0.2) is 58.6 Å². The van der Waals surface area contributed by atoms with Crippen molar-refractivity contribution in [3.05, 3.63) is 46.6 Å². The number of ether oxygens (including phenoxy) is 1. The molecular weight excluding hydrogens is 342 g/mol. The van der Waals surface area contributed by atoms with E-state index in [1.54, 1.807) is 29.6 Å². The van der Waals surface area contributed by atoms with Crippen molar-refractivity contribution in [1.82, 2.24) is 19.9 Å². The lowest BCUT2D eigenvalue weighted by Gasteiger charge is -2.33. The van der Waals surface area contributed by atoms with E-state index in [-0.39, 0.29) is 5.91 Å². The Morgan fingerprint density at radius 2 is 2.00 bits per heavy atom. The first-order chi connectivity index (χ1) is 12.2. The second kappa shape index (κ2) is 6.93. The number of hydrogen-bond acceptors (Lipinski definition) is 6. The number of carbonyl (C=O) groups excluding carboxylic acids is 1. The molecule has 0 radical (unpaired) electrons. The van der Waals surface area contributed by atoms with Gasteiger partial charge in [-0.15, -0.1) is 0 Å². The fourth-order valence-corrected chi connectivity index (χ4v) is 3.45. The monoisotopic (exact) mass is 359 g/mol. The van der Waals surface area contributed by atoms with Crippen LogP contribution in [0, 0.1) is 0 Å². The molecule has 7 nitrogen and oxygen atoms in total. The Balaban J connectivity index is 1.56. The fourth-order valence-electron chi connectivity index (χ4n) is 3.28. The maximum atomic E-state index is 12.7. The zero-order valence-corrected chi connectivity index (χ0v) is 14.4. The third kappa shape index (κ3) is 3.29. The van der Waals surface area contributed by atoms with E-state index in [1.807, 2.05) is 0 Å². The third-order valence-electron chi connectivity index (χ3n) is 4.56. The summed E-state index contributed by atoms with van der Waals surface area (Å²) >= 11 is 5.90. The standard InChI is InChI=1S/C17H18ClN5O2/c18-15-9-12(1-3-19-15)17(24)23-4-2-13-14(10-23)20-11-21-16(13)22-5-7-25-8-6-22/h1,3,9,11H,2,4-8,10H2. The van der Waals surface area contributed by atoms with Gasteiger partial charge in [0.1, 0.15) is 17.3 Å². The molecule has 1 fully saturated rings. The molecule has 8 heteroatoms. The molecule has 130 valence electrons. The normalized spacial score (nSPS) is 17.3. The highest BCUT2D eigenvalue weighted by molar-refractivity contribution is 6.29. The van der Waals surface area contributed by atoms with E-state index in [4.69, 9.17) is 16.3 Å². The number of amides is 1. The SMILES string of the molecule is O=C(c1ccnc(Cl)c1)N1CCc2c(ncnc2N2CCOCC2)C1. The Kier molecular flexibility index (Phi) is 4.50. The Bertz CT molecular complexity index is 794. The molecule has 2 aliphatic heterocycles. The summed E-state index contributed by atoms with van der Waals surface area (Å²) in [5.41, 5.74) is 2.60. The Hall–Kier alpha value is -2.25. The number of carbonyl (C=O) groups is 1. The van der Waals surface area contributed by atoms with Gasteiger partial charge in [0.05, 0.1) is 25.5 Å². The maximum absolute atomic E-state index is 12.7. The second-order valence-corrected chi connectivity index (χ2v) is 6.45. The lowest BCUT2D eigenvalue weighted by Crippen LogP contribution is -2.40. The van der Waals surface area contributed by atoms with Gasteiger partial charge >= 0.3 is 0 Å². The largest absolute Gasteiger partial charge is 0.378 e. The minimum atomic E-state index is -0.0542. The first-order valence-corrected chi connectivity index (χ1v) is 8.66. The second-order valence-electron chi connectivity index (χ2n) is 6.07. The molecule has 0 N–H and O–H groups in total. The molecular formula is C17H18ClN5O2. The van der Waals surface area contributed by atoms with Crippen LogP contribution in [0.2, 0.25) is 5.15 Å². The van der Waals surface area contributed by atoms with Crippen molar-refractivity contribution < 1.29 is 9.53 Å². The van der Waals surface area contributed by atoms with Crippen molar-refractivity contribution in [2.45, 2.75) is 13.0 Å². The zero-order valence-electron chi connectivity index (χ0n) is 13.7. The summed E-state index contributed by atoms with van der Waals surface area (Å²) in [4.78, 5) is 29.6. The van der Waals surface area contributed by atoms with Gasteiger partial charge in [0.15, 0.2) is 0 Å². The van der Waals surface area contributed by atoms with Crippen molar-refractivity contribution in [2.75, 3.05) is 37.7 Å². The average Bonchev–Trinajstić information content (AvgIpc) is 2.67. The highest BCUT2D eigenvalue weighted by Crippen LogP contribution is 2.27. The summed E-state index contributed by atoms with van der Waals surface area (Å²) in [6.07, 6.45) is 3.88. The topological polar surface area (TPSA) is 71.5 Å². The van der Waals surface area contributed by atoms with E-state index >= 15 is 0 Å². The van der Waals surface area contributed by atoms with Crippen LogP contribution in [0.1, 0.15) is 21.6 Å². The molecule has 0 unspecified atom stereocenters. The van der Waals surface area contributed by atoms with Gasteiger partial charge in [0.25, 0.3) is 5.91 Å². The molecule has 0 bridgehead atoms. The molecule has 25 heavy (non-hydrogen) atoms. The summed E-state index contributed by atoms with van der Waals surface area (Å²) < 4.78 is 5.42. The molecule has 0 spiro atoms. The molecule has 4 heterocycles. The smallest absolute Gasteiger partial charge is 0.254 e. The summed E-state index contributed by atoms with van der Waals surface area (Å²) in [6.45, 7) is 4.21.